The number of carbonyl (C=O) groups is 1. The molecule has 1 saturated carbocycles. The van der Waals surface area contributed by atoms with Gasteiger partial charge in [0.25, 0.3) is 0 Å². The topological polar surface area (TPSA) is 144 Å². The molecule has 31 heavy (non-hydrogen) atoms. The molecule has 0 radical (unpaired) electrons. The van der Waals surface area contributed by atoms with Crippen LogP contribution in [0.2, 0.25) is 5.02 Å². The lowest BCUT2D eigenvalue weighted by molar-refractivity contribution is 0.205. The monoisotopic (exact) mass is 525 g/mol. The molecule has 4 rings (SSSR count). The molecular formula is C19H21BrClN7O2S. The van der Waals surface area contributed by atoms with Crippen LogP contribution in [-0.4, -0.2) is 45.0 Å². The van der Waals surface area contributed by atoms with Crippen molar-refractivity contribution in [2.24, 2.45) is 10.4 Å². The quantitative estimate of drug-likeness (QED) is 0.526. The van der Waals surface area contributed by atoms with Crippen molar-refractivity contribution in [3.05, 3.63) is 21.9 Å². The number of nitrogen functional groups attached to an aromatic ring is 2. The van der Waals surface area contributed by atoms with Crippen LogP contribution < -0.4 is 16.4 Å². The highest BCUT2D eigenvalue weighted by atomic mass is 79.9. The number of rotatable bonds is 3. The molecule has 1 amide bonds. The predicted octanol–water partition coefficient (Wildman–Crippen LogP) is 4.49. The van der Waals surface area contributed by atoms with Crippen LogP contribution in [0.4, 0.5) is 22.2 Å². The van der Waals surface area contributed by atoms with Crippen molar-refractivity contribution in [3.63, 3.8) is 0 Å². The van der Waals surface area contributed by atoms with E-state index in [1.807, 2.05) is 0 Å². The first kappa shape index (κ1) is 22.1. The van der Waals surface area contributed by atoms with Crippen LogP contribution >= 0.6 is 39.3 Å². The molecule has 2 fully saturated rings. The average Bonchev–Trinajstić information content (AvgIpc) is 3.09. The van der Waals surface area contributed by atoms with Gasteiger partial charge in [0.15, 0.2) is 11.6 Å². The SMILES string of the molecule is Nc1nc(N2CCC3(CCCC3=NC(=O)O)CC2)c(Br)nc1Sc1ccnc(N)c1Cl. The van der Waals surface area contributed by atoms with E-state index in [0.717, 1.165) is 50.9 Å². The summed E-state index contributed by atoms with van der Waals surface area (Å²) in [5.74, 6) is 1.21. The maximum atomic E-state index is 11.1. The molecule has 1 saturated heterocycles. The van der Waals surface area contributed by atoms with Crippen LogP contribution in [0.3, 0.4) is 0 Å². The van der Waals surface area contributed by atoms with E-state index in [4.69, 9.17) is 28.2 Å². The van der Waals surface area contributed by atoms with Crippen LogP contribution in [0.15, 0.2) is 31.8 Å². The van der Waals surface area contributed by atoms with E-state index in [9.17, 15) is 4.79 Å². The van der Waals surface area contributed by atoms with Crippen LogP contribution in [0.1, 0.15) is 32.1 Å². The number of pyridine rings is 1. The summed E-state index contributed by atoms with van der Waals surface area (Å²) in [7, 11) is 0. The fourth-order valence-corrected chi connectivity index (χ4v) is 5.96. The second-order valence-electron chi connectivity index (χ2n) is 7.60. The summed E-state index contributed by atoms with van der Waals surface area (Å²) < 4.78 is 0.587. The molecule has 3 heterocycles. The lowest BCUT2D eigenvalue weighted by Crippen LogP contribution is -2.43. The summed E-state index contributed by atoms with van der Waals surface area (Å²) in [6.07, 6.45) is 4.85. The van der Waals surface area contributed by atoms with Crippen LogP contribution in [0.5, 0.6) is 0 Å². The molecule has 1 aliphatic heterocycles. The van der Waals surface area contributed by atoms with Gasteiger partial charge < -0.3 is 21.5 Å². The van der Waals surface area contributed by atoms with Gasteiger partial charge >= 0.3 is 6.09 Å². The Morgan fingerprint density at radius 2 is 2.00 bits per heavy atom. The third-order valence-corrected chi connectivity index (χ3v) is 7.94. The van der Waals surface area contributed by atoms with Gasteiger partial charge in [-0.25, -0.2) is 19.7 Å². The largest absolute Gasteiger partial charge is 0.463 e. The van der Waals surface area contributed by atoms with Crippen LogP contribution in [-0.2, 0) is 0 Å². The Hall–Kier alpha value is -2.11. The third-order valence-electron chi connectivity index (χ3n) is 5.85. The molecule has 2 aliphatic rings. The van der Waals surface area contributed by atoms with Crippen LogP contribution in [0.25, 0.3) is 0 Å². The molecular weight excluding hydrogens is 506 g/mol. The number of piperidine rings is 1. The van der Waals surface area contributed by atoms with Gasteiger partial charge in [0.2, 0.25) is 0 Å². The number of anilines is 3. The number of hydrogen-bond donors (Lipinski definition) is 3. The standard InChI is InChI=1S/C19H21BrClN7O2S/c20-13-16(27-15(23)17(26-13)31-10-3-7-24-14(22)12(10)21)28-8-5-19(6-9-28)4-1-2-11(19)25-18(29)30/h3,7H,1-2,4-6,8-9H2,(H2,22,24)(H2,23,27)(H,29,30). The Kier molecular flexibility index (Phi) is 6.27. The Morgan fingerprint density at radius 1 is 1.26 bits per heavy atom. The first-order valence-corrected chi connectivity index (χ1v) is 11.7. The number of aliphatic imine (C=N–C) groups is 1. The number of nitrogens with two attached hydrogens (primary N) is 2. The first-order valence-electron chi connectivity index (χ1n) is 9.76. The number of nitrogens with zero attached hydrogens (tertiary/aromatic N) is 5. The van der Waals surface area contributed by atoms with Crippen molar-refractivity contribution < 1.29 is 9.90 Å². The smallest absolute Gasteiger partial charge is 0.431 e. The second-order valence-corrected chi connectivity index (χ2v) is 9.76. The van der Waals surface area contributed by atoms with E-state index in [1.54, 1.807) is 12.3 Å². The molecule has 12 heteroatoms. The van der Waals surface area contributed by atoms with Gasteiger partial charge in [0, 0.05) is 35.3 Å². The average molecular weight is 527 g/mol. The summed E-state index contributed by atoms with van der Waals surface area (Å²) in [6, 6.07) is 1.74. The number of amides is 1. The normalized spacial score (nSPS) is 19.3. The van der Waals surface area contributed by atoms with Gasteiger partial charge in [-0.3, -0.25) is 0 Å². The Balaban J connectivity index is 1.52. The molecule has 9 nitrogen and oxygen atoms in total. The fraction of sp³-hybridized carbons (Fsp3) is 0.421. The molecule has 1 spiro atoms. The zero-order valence-corrected chi connectivity index (χ0v) is 19.7. The summed E-state index contributed by atoms with van der Waals surface area (Å²) in [6.45, 7) is 1.45. The van der Waals surface area contributed by atoms with E-state index in [-0.39, 0.29) is 11.2 Å². The van der Waals surface area contributed by atoms with E-state index >= 15 is 0 Å². The fourth-order valence-electron chi connectivity index (χ4n) is 4.28. The molecule has 2 aromatic heterocycles. The third kappa shape index (κ3) is 4.44. The second kappa shape index (κ2) is 8.79. The van der Waals surface area contributed by atoms with Gasteiger partial charge in [0.1, 0.15) is 15.4 Å². The molecule has 0 aromatic carbocycles. The highest BCUT2D eigenvalue weighted by Crippen LogP contribution is 2.46. The number of hydrogen-bond acceptors (Lipinski definition) is 8. The van der Waals surface area contributed by atoms with E-state index in [1.165, 1.54) is 11.8 Å². The Morgan fingerprint density at radius 3 is 2.71 bits per heavy atom. The Labute approximate surface area is 196 Å². The maximum Gasteiger partial charge on any atom is 0.431 e. The molecule has 2 aromatic rings. The minimum atomic E-state index is -1.11. The molecule has 5 N–H and O–H groups in total. The zero-order valence-electron chi connectivity index (χ0n) is 16.5. The van der Waals surface area contributed by atoms with Crippen molar-refractivity contribution in [3.8, 4) is 0 Å². The van der Waals surface area contributed by atoms with Gasteiger partial charge in [-0.2, -0.15) is 4.99 Å². The van der Waals surface area contributed by atoms with E-state index in [0.29, 0.717) is 31.2 Å². The summed E-state index contributed by atoms with van der Waals surface area (Å²) in [4.78, 5) is 30.9. The summed E-state index contributed by atoms with van der Waals surface area (Å²) in [5.41, 5.74) is 12.7. The zero-order chi connectivity index (χ0) is 22.2. The van der Waals surface area contributed by atoms with Gasteiger partial charge in [0.05, 0.1) is 5.02 Å². The van der Waals surface area contributed by atoms with Gasteiger partial charge in [-0.1, -0.05) is 23.4 Å². The lowest BCUT2D eigenvalue weighted by atomic mass is 9.75. The molecule has 0 atom stereocenters. The Bertz CT molecular complexity index is 1060. The van der Waals surface area contributed by atoms with Gasteiger partial charge in [-0.05, 0) is 54.1 Å². The van der Waals surface area contributed by atoms with Crippen molar-refractivity contribution >= 4 is 68.6 Å². The van der Waals surface area contributed by atoms with E-state index < -0.39 is 6.09 Å². The maximum absolute atomic E-state index is 11.1. The van der Waals surface area contributed by atoms with E-state index in [2.05, 4.69) is 40.8 Å². The van der Waals surface area contributed by atoms with Crippen molar-refractivity contribution in [2.75, 3.05) is 29.5 Å². The van der Waals surface area contributed by atoms with Crippen molar-refractivity contribution in [1.82, 2.24) is 15.0 Å². The van der Waals surface area contributed by atoms with Gasteiger partial charge in [-0.15, -0.1) is 0 Å². The first-order chi connectivity index (χ1) is 14.8. The molecule has 1 aliphatic carbocycles. The van der Waals surface area contributed by atoms with Crippen molar-refractivity contribution in [2.45, 2.75) is 42.0 Å². The number of halogens is 2. The highest BCUT2D eigenvalue weighted by Gasteiger charge is 2.43. The van der Waals surface area contributed by atoms with Crippen LogP contribution in [0, 0.1) is 5.41 Å². The lowest BCUT2D eigenvalue weighted by Gasteiger charge is -2.40. The number of aromatic nitrogens is 3. The molecule has 164 valence electrons. The summed E-state index contributed by atoms with van der Waals surface area (Å²) in [5, 5.41) is 9.96. The highest BCUT2D eigenvalue weighted by molar-refractivity contribution is 9.10. The minimum Gasteiger partial charge on any atom is -0.463 e. The predicted molar refractivity (Wildman–Crippen MR) is 125 cm³/mol. The summed E-state index contributed by atoms with van der Waals surface area (Å²) >= 11 is 11.0. The van der Waals surface area contributed by atoms with Crippen molar-refractivity contribution in [1.29, 1.82) is 0 Å². The molecule has 0 unspecified atom stereocenters. The minimum absolute atomic E-state index is 0.117. The molecule has 0 bridgehead atoms. The number of carboxylic acid groups (broad SMARTS) is 1.